The Labute approximate surface area is 202 Å². The maximum absolute atomic E-state index is 12.0. The lowest BCUT2D eigenvalue weighted by Gasteiger charge is -2.12. The van der Waals surface area contributed by atoms with Gasteiger partial charge in [0.1, 0.15) is 0 Å². The van der Waals surface area contributed by atoms with E-state index in [1.807, 2.05) is 13.8 Å². The Morgan fingerprint density at radius 1 is 0.971 bits per heavy atom. The van der Waals surface area contributed by atoms with Crippen molar-refractivity contribution < 1.29 is 23.8 Å². The third-order valence-corrected chi connectivity index (χ3v) is 6.66. The molecule has 2 aliphatic rings. The monoisotopic (exact) mass is 479 g/mol. The van der Waals surface area contributed by atoms with Crippen LogP contribution in [0.3, 0.4) is 0 Å². The normalized spacial score (nSPS) is 21.4. The van der Waals surface area contributed by atoms with Gasteiger partial charge in [0.15, 0.2) is 0 Å². The predicted octanol–water partition coefficient (Wildman–Crippen LogP) is 2.13. The van der Waals surface area contributed by atoms with E-state index in [1.165, 1.54) is 5.69 Å². The Hall–Kier alpha value is -2.20. The van der Waals surface area contributed by atoms with E-state index in [1.54, 1.807) is 0 Å². The number of hydrogen-bond acceptors (Lipinski definition) is 7. The van der Waals surface area contributed by atoms with Crippen LogP contribution < -0.4 is 10.6 Å². The summed E-state index contributed by atoms with van der Waals surface area (Å²) in [5.74, 6) is 1.70. The van der Waals surface area contributed by atoms with E-state index in [2.05, 4.69) is 39.5 Å². The van der Waals surface area contributed by atoms with Crippen LogP contribution in [0.1, 0.15) is 58.0 Å². The van der Waals surface area contributed by atoms with Crippen molar-refractivity contribution >= 4 is 12.0 Å². The SMILES string of the molecule is CC(C)C(=O)NCCOCCOCCNC(=O)OC[C@@H]1[C@@H]2CCc3c(nnn3C(C)C)CC[C@@H]21. The van der Waals surface area contributed by atoms with Crippen molar-refractivity contribution in [2.75, 3.05) is 46.1 Å². The van der Waals surface area contributed by atoms with Crippen molar-refractivity contribution in [1.82, 2.24) is 25.6 Å². The van der Waals surface area contributed by atoms with Crippen LogP contribution in [0.15, 0.2) is 0 Å². The number of carbonyl (C=O) groups is 2. The summed E-state index contributed by atoms with van der Waals surface area (Å²) in [5, 5.41) is 14.3. The van der Waals surface area contributed by atoms with Crippen LogP contribution >= 0.6 is 0 Å². The Balaban J connectivity index is 1.19. The molecule has 2 N–H and O–H groups in total. The quantitative estimate of drug-likeness (QED) is 0.416. The third kappa shape index (κ3) is 7.66. The Morgan fingerprint density at radius 2 is 1.62 bits per heavy atom. The zero-order chi connectivity index (χ0) is 24.5. The Bertz CT molecular complexity index is 797. The van der Waals surface area contributed by atoms with Gasteiger partial charge >= 0.3 is 6.09 Å². The zero-order valence-electron chi connectivity index (χ0n) is 21.0. The van der Waals surface area contributed by atoms with Crippen LogP contribution in [0.2, 0.25) is 0 Å². The fourth-order valence-corrected chi connectivity index (χ4v) is 4.67. The number of ether oxygens (including phenoxy) is 3. The van der Waals surface area contributed by atoms with E-state index in [9.17, 15) is 9.59 Å². The summed E-state index contributed by atoms with van der Waals surface area (Å²) in [5.41, 5.74) is 2.42. The average Bonchev–Trinajstić information content (AvgIpc) is 3.28. The smallest absolute Gasteiger partial charge is 0.407 e. The first-order valence-electron chi connectivity index (χ1n) is 12.6. The molecule has 1 saturated carbocycles. The van der Waals surface area contributed by atoms with Crippen LogP contribution in [0.25, 0.3) is 0 Å². The van der Waals surface area contributed by atoms with E-state index >= 15 is 0 Å². The fraction of sp³-hybridized carbons (Fsp3) is 0.833. The van der Waals surface area contributed by atoms with E-state index in [0.717, 1.165) is 31.4 Å². The number of fused-ring (bicyclic) bond motifs is 2. The lowest BCUT2D eigenvalue weighted by Crippen LogP contribution is -2.31. The van der Waals surface area contributed by atoms with Gasteiger partial charge in [0.2, 0.25) is 5.91 Å². The molecule has 0 aromatic carbocycles. The molecule has 0 aliphatic heterocycles. The highest BCUT2D eigenvalue weighted by Gasteiger charge is 2.50. The van der Waals surface area contributed by atoms with Gasteiger partial charge in [-0.25, -0.2) is 9.48 Å². The fourth-order valence-electron chi connectivity index (χ4n) is 4.67. The zero-order valence-corrected chi connectivity index (χ0v) is 21.0. The summed E-state index contributed by atoms with van der Waals surface area (Å²) < 4.78 is 18.4. The molecule has 1 aromatic heterocycles. The van der Waals surface area contributed by atoms with E-state index < -0.39 is 0 Å². The van der Waals surface area contributed by atoms with Gasteiger partial charge in [0.25, 0.3) is 0 Å². The second-order valence-corrected chi connectivity index (χ2v) is 9.79. The number of amides is 2. The van der Waals surface area contributed by atoms with E-state index in [-0.39, 0.29) is 17.9 Å². The van der Waals surface area contributed by atoms with Gasteiger partial charge in [-0.15, -0.1) is 5.10 Å². The molecule has 34 heavy (non-hydrogen) atoms. The molecule has 0 unspecified atom stereocenters. The topological polar surface area (TPSA) is 117 Å². The molecule has 0 bridgehead atoms. The molecule has 1 fully saturated rings. The lowest BCUT2D eigenvalue weighted by atomic mass is 10.0. The highest BCUT2D eigenvalue weighted by Crippen LogP contribution is 2.52. The molecule has 0 spiro atoms. The van der Waals surface area contributed by atoms with E-state index in [0.29, 0.717) is 69.9 Å². The lowest BCUT2D eigenvalue weighted by molar-refractivity contribution is -0.124. The predicted molar refractivity (Wildman–Crippen MR) is 126 cm³/mol. The summed E-state index contributed by atoms with van der Waals surface area (Å²) in [7, 11) is 0. The number of alkyl carbamates (subject to hydrolysis) is 1. The highest BCUT2D eigenvalue weighted by atomic mass is 16.6. The molecule has 0 radical (unpaired) electrons. The largest absolute Gasteiger partial charge is 0.449 e. The Kier molecular flexibility index (Phi) is 10.1. The summed E-state index contributed by atoms with van der Waals surface area (Å²) in [4.78, 5) is 23.4. The minimum Gasteiger partial charge on any atom is -0.449 e. The molecule has 3 atom stereocenters. The van der Waals surface area contributed by atoms with E-state index in [4.69, 9.17) is 14.2 Å². The number of nitrogens with zero attached hydrogens (tertiary/aromatic N) is 3. The minimum atomic E-state index is -0.389. The molecule has 1 aromatic rings. The molecular weight excluding hydrogens is 438 g/mol. The van der Waals surface area contributed by atoms with Crippen LogP contribution in [0.5, 0.6) is 0 Å². The number of carbonyl (C=O) groups excluding carboxylic acids is 2. The van der Waals surface area contributed by atoms with Crippen molar-refractivity contribution in [3.05, 3.63) is 11.4 Å². The summed E-state index contributed by atoms with van der Waals surface area (Å²) in [6.45, 7) is 11.1. The summed E-state index contributed by atoms with van der Waals surface area (Å²) in [6.07, 6.45) is 3.76. The highest BCUT2D eigenvalue weighted by molar-refractivity contribution is 5.77. The third-order valence-electron chi connectivity index (χ3n) is 6.66. The standard InChI is InChI=1S/C24H41N5O5/c1-16(2)23(30)25-9-11-32-13-14-33-12-10-26-24(31)34-15-20-18-5-7-21-22(8-6-19(18)20)29(17(3)4)28-27-21/h16-20H,5-15H2,1-4H3,(H,25,30)(H,26,31)/t18-,19+,20-/m0/s1. The average molecular weight is 480 g/mol. The summed E-state index contributed by atoms with van der Waals surface area (Å²) in [6, 6.07) is 0.328. The van der Waals surface area contributed by atoms with Crippen LogP contribution in [0.4, 0.5) is 4.79 Å². The van der Waals surface area contributed by atoms with Crippen molar-refractivity contribution in [2.24, 2.45) is 23.7 Å². The van der Waals surface area contributed by atoms with Crippen molar-refractivity contribution in [3.8, 4) is 0 Å². The van der Waals surface area contributed by atoms with Gasteiger partial charge in [-0.3, -0.25) is 4.79 Å². The van der Waals surface area contributed by atoms with Crippen LogP contribution in [-0.4, -0.2) is 73.1 Å². The molecular formula is C24H41N5O5. The number of nitrogens with one attached hydrogen (secondary N) is 2. The van der Waals surface area contributed by atoms with Gasteiger partial charge in [-0.1, -0.05) is 19.1 Å². The molecule has 3 rings (SSSR count). The summed E-state index contributed by atoms with van der Waals surface area (Å²) >= 11 is 0. The Morgan fingerprint density at radius 3 is 2.26 bits per heavy atom. The molecule has 1 heterocycles. The molecule has 192 valence electrons. The number of aromatic nitrogens is 3. The first kappa shape index (κ1) is 26.4. The molecule has 2 amide bonds. The maximum Gasteiger partial charge on any atom is 0.407 e. The van der Waals surface area contributed by atoms with Crippen molar-refractivity contribution in [3.63, 3.8) is 0 Å². The molecule has 10 heteroatoms. The van der Waals surface area contributed by atoms with Crippen LogP contribution in [0, 0.1) is 23.7 Å². The second-order valence-electron chi connectivity index (χ2n) is 9.79. The minimum absolute atomic E-state index is 0.0213. The number of aryl methyl sites for hydroxylation is 1. The van der Waals surface area contributed by atoms with Gasteiger partial charge in [0, 0.05) is 25.0 Å². The molecule has 2 aliphatic carbocycles. The first-order chi connectivity index (χ1) is 16.4. The van der Waals surface area contributed by atoms with Gasteiger partial charge in [-0.2, -0.15) is 0 Å². The molecule has 10 nitrogen and oxygen atoms in total. The van der Waals surface area contributed by atoms with Crippen molar-refractivity contribution in [2.45, 2.75) is 59.4 Å². The van der Waals surface area contributed by atoms with Crippen molar-refractivity contribution in [1.29, 1.82) is 0 Å². The van der Waals surface area contributed by atoms with Gasteiger partial charge in [0.05, 0.1) is 44.4 Å². The molecule has 0 saturated heterocycles. The van der Waals surface area contributed by atoms with Crippen LogP contribution in [-0.2, 0) is 31.8 Å². The van der Waals surface area contributed by atoms with Gasteiger partial charge in [-0.05, 0) is 57.3 Å². The maximum atomic E-state index is 12.0. The second kappa shape index (κ2) is 13.0. The number of rotatable bonds is 13. The van der Waals surface area contributed by atoms with Gasteiger partial charge < -0.3 is 24.8 Å². The number of hydrogen-bond donors (Lipinski definition) is 2. The first-order valence-corrected chi connectivity index (χ1v) is 12.6.